The Morgan fingerprint density at radius 2 is 1.85 bits per heavy atom. The third-order valence-corrected chi connectivity index (χ3v) is 4.78. The average molecular weight is 364 g/mol. The second-order valence-corrected chi connectivity index (χ2v) is 6.75. The number of esters is 1. The van der Waals surface area contributed by atoms with Crippen LogP contribution in [0.5, 0.6) is 5.75 Å². The molecule has 0 aromatic heterocycles. The van der Waals surface area contributed by atoms with E-state index in [1.807, 2.05) is 13.8 Å². The molecule has 0 unspecified atom stereocenters. The monoisotopic (exact) mass is 364 g/mol. The molecule has 0 radical (unpaired) electrons. The lowest BCUT2D eigenvalue weighted by Gasteiger charge is -2.29. The summed E-state index contributed by atoms with van der Waals surface area (Å²) in [7, 11) is 0. The van der Waals surface area contributed by atoms with Crippen LogP contribution < -0.4 is 9.64 Å². The predicted octanol–water partition coefficient (Wildman–Crippen LogP) is 0.877. The number of rotatable bonds is 9. The van der Waals surface area contributed by atoms with Crippen molar-refractivity contribution < 1.29 is 29.1 Å². The highest BCUT2D eigenvalue weighted by Crippen LogP contribution is 2.14. The number of aliphatic hydroxyl groups excluding tert-OH is 1. The molecule has 0 saturated carbocycles. The maximum Gasteiger partial charge on any atom is 0.309 e. The van der Waals surface area contributed by atoms with Crippen LogP contribution in [-0.4, -0.2) is 55.8 Å². The largest absolute Gasteiger partial charge is 0.491 e. The lowest BCUT2D eigenvalue weighted by Crippen LogP contribution is -3.14. The molecule has 0 amide bonds. The van der Waals surface area contributed by atoms with Gasteiger partial charge in [0.2, 0.25) is 0 Å². The van der Waals surface area contributed by atoms with Gasteiger partial charge >= 0.3 is 5.97 Å². The zero-order valence-electron chi connectivity index (χ0n) is 15.7. The Bertz CT molecular complexity index is 578. The van der Waals surface area contributed by atoms with Crippen molar-refractivity contribution in [3.05, 3.63) is 29.8 Å². The van der Waals surface area contributed by atoms with E-state index in [-0.39, 0.29) is 24.3 Å². The molecule has 1 aliphatic heterocycles. The van der Waals surface area contributed by atoms with Crippen LogP contribution in [-0.2, 0) is 9.53 Å². The summed E-state index contributed by atoms with van der Waals surface area (Å²) in [6, 6.07) is 7.01. The molecule has 1 aromatic carbocycles. The van der Waals surface area contributed by atoms with E-state index in [1.54, 1.807) is 24.3 Å². The lowest BCUT2D eigenvalue weighted by molar-refractivity contribution is -0.908. The smallest absolute Gasteiger partial charge is 0.309 e. The van der Waals surface area contributed by atoms with E-state index in [2.05, 4.69) is 0 Å². The Morgan fingerprint density at radius 3 is 2.42 bits per heavy atom. The molecule has 1 aliphatic rings. The summed E-state index contributed by atoms with van der Waals surface area (Å²) in [6.45, 7) is 6.61. The zero-order valence-corrected chi connectivity index (χ0v) is 15.7. The van der Waals surface area contributed by atoms with Crippen LogP contribution in [0.4, 0.5) is 0 Å². The second-order valence-electron chi connectivity index (χ2n) is 6.75. The van der Waals surface area contributed by atoms with E-state index >= 15 is 0 Å². The molecule has 144 valence electrons. The van der Waals surface area contributed by atoms with E-state index in [1.165, 1.54) is 4.90 Å². The molecule has 1 aromatic rings. The van der Waals surface area contributed by atoms with Gasteiger partial charge in [0.15, 0.2) is 5.78 Å². The van der Waals surface area contributed by atoms with Crippen molar-refractivity contribution in [3.8, 4) is 5.75 Å². The van der Waals surface area contributed by atoms with E-state index in [4.69, 9.17) is 9.47 Å². The summed E-state index contributed by atoms with van der Waals surface area (Å²) < 4.78 is 10.7. The molecule has 2 rings (SSSR count). The SMILES string of the molecule is CCOC(=O)C1CC[NH+](C[C@H](O)COc2ccc(C(=O)CC)cc2)CC1. The minimum absolute atomic E-state index is 0.00330. The van der Waals surface area contributed by atoms with Crippen molar-refractivity contribution in [3.63, 3.8) is 0 Å². The lowest BCUT2D eigenvalue weighted by atomic mass is 9.97. The van der Waals surface area contributed by atoms with Gasteiger partial charge in [-0.3, -0.25) is 9.59 Å². The molecule has 1 fully saturated rings. The molecule has 26 heavy (non-hydrogen) atoms. The first-order chi connectivity index (χ1) is 12.5. The number of Topliss-reactive ketones (excluding diaryl/α,β-unsaturated/α-hetero) is 1. The van der Waals surface area contributed by atoms with E-state index in [0.29, 0.717) is 30.9 Å². The van der Waals surface area contributed by atoms with Crippen molar-refractivity contribution >= 4 is 11.8 Å². The minimum Gasteiger partial charge on any atom is -0.491 e. The van der Waals surface area contributed by atoms with Crippen LogP contribution >= 0.6 is 0 Å². The summed E-state index contributed by atoms with van der Waals surface area (Å²) in [6.07, 6.45) is 1.51. The number of carbonyl (C=O) groups is 2. The number of hydrogen-bond acceptors (Lipinski definition) is 5. The van der Waals surface area contributed by atoms with Crippen LogP contribution in [0.15, 0.2) is 24.3 Å². The number of nitrogens with one attached hydrogen (secondary N) is 1. The summed E-state index contributed by atoms with van der Waals surface area (Å²) in [4.78, 5) is 24.6. The summed E-state index contributed by atoms with van der Waals surface area (Å²) in [5, 5.41) is 10.2. The van der Waals surface area contributed by atoms with Gasteiger partial charge in [0.1, 0.15) is 25.0 Å². The highest BCUT2D eigenvalue weighted by Gasteiger charge is 2.29. The van der Waals surface area contributed by atoms with Gasteiger partial charge in [0.25, 0.3) is 0 Å². The van der Waals surface area contributed by atoms with Crippen molar-refractivity contribution in [2.45, 2.75) is 39.2 Å². The molecule has 6 heteroatoms. The first-order valence-electron chi connectivity index (χ1n) is 9.47. The molecule has 0 bridgehead atoms. The van der Waals surface area contributed by atoms with Crippen molar-refractivity contribution in [2.75, 3.05) is 32.8 Å². The molecule has 1 saturated heterocycles. The standard InChI is InChI=1S/C20H29NO5/c1-3-19(23)15-5-7-18(8-6-15)26-14-17(22)13-21-11-9-16(10-12-21)20(24)25-4-2/h5-8,16-17,22H,3-4,9-14H2,1-2H3/p+1/t17-/m0/s1. The van der Waals surface area contributed by atoms with Crippen LogP contribution in [0.2, 0.25) is 0 Å². The number of piperidine rings is 1. The maximum atomic E-state index is 11.7. The Kier molecular flexibility index (Phi) is 8.06. The van der Waals surface area contributed by atoms with Gasteiger partial charge in [0.05, 0.1) is 25.6 Å². The number of quaternary nitrogens is 1. The van der Waals surface area contributed by atoms with Crippen LogP contribution in [0, 0.1) is 5.92 Å². The third kappa shape index (κ3) is 6.11. The number of benzene rings is 1. The molecular weight excluding hydrogens is 334 g/mol. The van der Waals surface area contributed by atoms with Gasteiger partial charge in [-0.25, -0.2) is 0 Å². The highest BCUT2D eigenvalue weighted by atomic mass is 16.5. The minimum atomic E-state index is -0.568. The number of hydrogen-bond donors (Lipinski definition) is 2. The average Bonchev–Trinajstić information content (AvgIpc) is 2.67. The van der Waals surface area contributed by atoms with Crippen molar-refractivity contribution in [2.24, 2.45) is 5.92 Å². The van der Waals surface area contributed by atoms with Crippen molar-refractivity contribution in [1.82, 2.24) is 0 Å². The van der Waals surface area contributed by atoms with E-state index < -0.39 is 6.10 Å². The number of aliphatic hydroxyl groups is 1. The fraction of sp³-hybridized carbons (Fsp3) is 0.600. The molecule has 6 nitrogen and oxygen atoms in total. The van der Waals surface area contributed by atoms with Gasteiger partial charge in [-0.1, -0.05) is 6.92 Å². The summed E-state index contributed by atoms with van der Waals surface area (Å²) >= 11 is 0. The molecular formula is C20H30NO5+. The Morgan fingerprint density at radius 1 is 1.19 bits per heavy atom. The number of ether oxygens (including phenoxy) is 2. The van der Waals surface area contributed by atoms with Crippen LogP contribution in [0.1, 0.15) is 43.5 Å². The van der Waals surface area contributed by atoms with Gasteiger partial charge in [-0.2, -0.15) is 0 Å². The topological polar surface area (TPSA) is 77.3 Å². The fourth-order valence-electron chi connectivity index (χ4n) is 3.25. The van der Waals surface area contributed by atoms with Gasteiger partial charge in [-0.05, 0) is 31.2 Å². The first-order valence-corrected chi connectivity index (χ1v) is 9.47. The van der Waals surface area contributed by atoms with Gasteiger partial charge in [-0.15, -0.1) is 0 Å². The number of likely N-dealkylation sites (tertiary alicyclic amines) is 1. The molecule has 1 atom stereocenters. The Balaban J connectivity index is 1.70. The Hall–Kier alpha value is -1.92. The van der Waals surface area contributed by atoms with E-state index in [0.717, 1.165) is 25.9 Å². The Labute approximate surface area is 155 Å². The highest BCUT2D eigenvalue weighted by molar-refractivity contribution is 5.95. The second kappa shape index (κ2) is 10.3. The quantitative estimate of drug-likeness (QED) is 0.502. The molecule has 0 aliphatic carbocycles. The molecule has 1 heterocycles. The van der Waals surface area contributed by atoms with E-state index in [9.17, 15) is 14.7 Å². The third-order valence-electron chi connectivity index (χ3n) is 4.78. The van der Waals surface area contributed by atoms with Crippen LogP contribution in [0.25, 0.3) is 0 Å². The zero-order chi connectivity index (χ0) is 18.9. The first kappa shape index (κ1) is 20.4. The van der Waals surface area contributed by atoms with Gasteiger partial charge < -0.3 is 19.5 Å². The van der Waals surface area contributed by atoms with Crippen LogP contribution in [0.3, 0.4) is 0 Å². The predicted molar refractivity (Wildman–Crippen MR) is 97.5 cm³/mol. The van der Waals surface area contributed by atoms with Crippen molar-refractivity contribution in [1.29, 1.82) is 0 Å². The molecule has 2 N–H and O–H groups in total. The number of carbonyl (C=O) groups excluding carboxylic acids is 2. The summed E-state index contributed by atoms with van der Waals surface area (Å²) in [5.41, 5.74) is 0.675. The normalized spacial score (nSPS) is 21.0. The number of ketones is 1. The van der Waals surface area contributed by atoms with Gasteiger partial charge in [0, 0.05) is 24.8 Å². The maximum absolute atomic E-state index is 11.7. The fourth-order valence-corrected chi connectivity index (χ4v) is 3.25. The molecule has 0 spiro atoms. The summed E-state index contributed by atoms with van der Waals surface area (Å²) in [5.74, 6) is 0.649.